The molecule has 2 unspecified atom stereocenters. The fourth-order valence-corrected chi connectivity index (χ4v) is 3.13. The van der Waals surface area contributed by atoms with Crippen molar-refractivity contribution in [1.82, 2.24) is 15.5 Å². The summed E-state index contributed by atoms with van der Waals surface area (Å²) in [5.74, 6) is -2.63. The Morgan fingerprint density at radius 2 is 1.68 bits per heavy atom. The Morgan fingerprint density at radius 3 is 2.15 bits per heavy atom. The molecular formula is C23H36N4O7. The number of aliphatic hydroxyl groups excluding tert-OH is 1. The van der Waals surface area contributed by atoms with Crippen LogP contribution in [0.1, 0.15) is 59.6 Å². The molecule has 34 heavy (non-hydrogen) atoms. The number of aromatic hydroxyl groups is 1. The van der Waals surface area contributed by atoms with E-state index < -0.39 is 60.1 Å². The second kappa shape index (κ2) is 11.7. The van der Waals surface area contributed by atoms with Gasteiger partial charge in [0.1, 0.15) is 23.4 Å². The Kier molecular flexibility index (Phi) is 9.86. The van der Waals surface area contributed by atoms with Crippen LogP contribution in [0.25, 0.3) is 0 Å². The molecule has 11 heteroatoms. The number of nitrogens with two attached hydrogens (primary N) is 1. The number of para-hydroxylation sites is 1. The predicted molar refractivity (Wildman–Crippen MR) is 125 cm³/mol. The number of aliphatic hydroxyl groups is 1. The summed E-state index contributed by atoms with van der Waals surface area (Å²) in [7, 11) is 0. The van der Waals surface area contributed by atoms with Crippen molar-refractivity contribution in [3.8, 4) is 5.75 Å². The fourth-order valence-electron chi connectivity index (χ4n) is 3.13. The molecule has 6 N–H and O–H groups in total. The Morgan fingerprint density at radius 1 is 1.09 bits per heavy atom. The molecule has 11 nitrogen and oxygen atoms in total. The van der Waals surface area contributed by atoms with Crippen LogP contribution in [0.3, 0.4) is 0 Å². The van der Waals surface area contributed by atoms with E-state index in [-0.39, 0.29) is 17.9 Å². The molecule has 190 valence electrons. The van der Waals surface area contributed by atoms with Crippen molar-refractivity contribution in [3.63, 3.8) is 0 Å². The summed E-state index contributed by atoms with van der Waals surface area (Å²) in [6.45, 7) is 9.23. The van der Waals surface area contributed by atoms with E-state index in [2.05, 4.69) is 10.6 Å². The highest BCUT2D eigenvalue weighted by Crippen LogP contribution is 2.30. The number of hydrogen-bond acceptors (Lipinski definition) is 7. The van der Waals surface area contributed by atoms with Crippen LogP contribution in [-0.4, -0.2) is 69.3 Å². The van der Waals surface area contributed by atoms with Gasteiger partial charge in [-0.2, -0.15) is 0 Å². The number of phenolic OH excluding ortho intramolecular Hbond substituents is 1. The smallest absolute Gasteiger partial charge is 0.408 e. The van der Waals surface area contributed by atoms with Crippen LogP contribution in [0.5, 0.6) is 5.75 Å². The molecule has 0 saturated heterocycles. The van der Waals surface area contributed by atoms with E-state index >= 15 is 0 Å². The Labute approximate surface area is 199 Å². The van der Waals surface area contributed by atoms with Crippen molar-refractivity contribution in [1.29, 1.82) is 0 Å². The maximum Gasteiger partial charge on any atom is 0.408 e. The van der Waals surface area contributed by atoms with E-state index in [0.29, 0.717) is 0 Å². The monoisotopic (exact) mass is 480 g/mol. The molecule has 0 aromatic heterocycles. The molecule has 0 aliphatic heterocycles. The largest absolute Gasteiger partial charge is 0.508 e. The van der Waals surface area contributed by atoms with Crippen molar-refractivity contribution in [3.05, 3.63) is 29.8 Å². The molecular weight excluding hydrogens is 444 g/mol. The van der Waals surface area contributed by atoms with E-state index in [9.17, 15) is 29.4 Å². The van der Waals surface area contributed by atoms with E-state index in [1.54, 1.807) is 53.7 Å². The molecule has 0 aliphatic carbocycles. The highest BCUT2D eigenvalue weighted by Gasteiger charge is 2.38. The maximum absolute atomic E-state index is 13.5. The molecule has 4 amide bonds. The van der Waals surface area contributed by atoms with Crippen LogP contribution in [0, 0.1) is 0 Å². The minimum absolute atomic E-state index is 0.0983. The van der Waals surface area contributed by atoms with Gasteiger partial charge in [0.25, 0.3) is 0 Å². The van der Waals surface area contributed by atoms with Gasteiger partial charge in [0.15, 0.2) is 0 Å². The van der Waals surface area contributed by atoms with E-state index in [1.807, 2.05) is 0 Å². The number of carbonyl (C=O) groups is 4. The Balaban J connectivity index is 3.48. The highest BCUT2D eigenvalue weighted by molar-refractivity contribution is 5.95. The standard InChI is InChI=1S/C23H36N4O7/c1-22(2,3)26-19(31)18(14-9-7-8-10-16(14)29)27(11-12-28)20(32)15(13-17(24)30)25-21(33)34-23(4,5)6/h7-10,15,18,28-29H,11-13H2,1-6H3,(H2,24,30)(H,25,33)(H,26,31). The van der Waals surface area contributed by atoms with Gasteiger partial charge in [0.05, 0.1) is 13.0 Å². The third-order valence-electron chi connectivity index (χ3n) is 4.31. The lowest BCUT2D eigenvalue weighted by Gasteiger charge is -2.35. The summed E-state index contributed by atoms with van der Waals surface area (Å²) in [5, 5.41) is 25.2. The van der Waals surface area contributed by atoms with E-state index in [0.717, 1.165) is 4.90 Å². The minimum Gasteiger partial charge on any atom is -0.508 e. The summed E-state index contributed by atoms with van der Waals surface area (Å²) < 4.78 is 5.18. The number of nitrogens with one attached hydrogen (secondary N) is 2. The number of alkyl carbamates (subject to hydrolysis) is 1. The fraction of sp³-hybridized carbons (Fsp3) is 0.565. The van der Waals surface area contributed by atoms with Crippen molar-refractivity contribution in [2.45, 2.75) is 71.2 Å². The van der Waals surface area contributed by atoms with Gasteiger partial charge in [-0.1, -0.05) is 18.2 Å². The van der Waals surface area contributed by atoms with Crippen LogP contribution < -0.4 is 16.4 Å². The summed E-state index contributed by atoms with van der Waals surface area (Å²) in [6, 6.07) is 3.09. The number of hydrogen-bond donors (Lipinski definition) is 5. The zero-order chi connectivity index (χ0) is 26.3. The van der Waals surface area contributed by atoms with E-state index in [1.165, 1.54) is 12.1 Å². The Hall–Kier alpha value is -3.34. The normalized spacial score (nSPS) is 13.4. The molecule has 1 aromatic rings. The van der Waals surface area contributed by atoms with Gasteiger partial charge < -0.3 is 36.2 Å². The van der Waals surface area contributed by atoms with Crippen LogP contribution >= 0.6 is 0 Å². The lowest BCUT2D eigenvalue weighted by molar-refractivity contribution is -0.144. The highest BCUT2D eigenvalue weighted by atomic mass is 16.6. The van der Waals surface area contributed by atoms with Crippen molar-refractivity contribution in [2.24, 2.45) is 5.73 Å². The van der Waals surface area contributed by atoms with Gasteiger partial charge in [-0.3, -0.25) is 14.4 Å². The number of amides is 4. The first-order chi connectivity index (χ1) is 15.6. The number of benzene rings is 1. The second-order valence-electron chi connectivity index (χ2n) is 9.83. The molecule has 2 atom stereocenters. The predicted octanol–water partition coefficient (Wildman–Crippen LogP) is 0.938. The first kappa shape index (κ1) is 28.7. The van der Waals surface area contributed by atoms with E-state index in [4.69, 9.17) is 10.5 Å². The summed E-state index contributed by atoms with van der Waals surface area (Å²) in [5.41, 5.74) is 3.83. The SMILES string of the molecule is CC(C)(C)NC(=O)C(c1ccccc1O)N(CCO)C(=O)C(CC(N)=O)NC(=O)OC(C)(C)C. The quantitative estimate of drug-likeness (QED) is 0.350. The molecule has 0 aliphatic rings. The third kappa shape index (κ3) is 9.26. The van der Waals surface area contributed by atoms with Gasteiger partial charge in [-0.25, -0.2) is 4.79 Å². The number of primary amides is 1. The molecule has 0 radical (unpaired) electrons. The first-order valence-electron chi connectivity index (χ1n) is 10.8. The molecule has 1 aromatic carbocycles. The van der Waals surface area contributed by atoms with Gasteiger partial charge in [0, 0.05) is 17.6 Å². The number of ether oxygens (including phenoxy) is 1. The maximum atomic E-state index is 13.5. The molecule has 0 heterocycles. The van der Waals surface area contributed by atoms with Crippen molar-refractivity contribution in [2.75, 3.05) is 13.2 Å². The molecule has 0 bridgehead atoms. The number of phenols is 1. The van der Waals surface area contributed by atoms with Crippen molar-refractivity contribution >= 4 is 23.8 Å². The van der Waals surface area contributed by atoms with Crippen LogP contribution in [0.15, 0.2) is 24.3 Å². The topological polar surface area (TPSA) is 171 Å². The second-order valence-corrected chi connectivity index (χ2v) is 9.83. The minimum atomic E-state index is -1.48. The first-order valence-corrected chi connectivity index (χ1v) is 10.8. The van der Waals surface area contributed by atoms with Crippen LogP contribution in [0.4, 0.5) is 4.79 Å². The molecule has 1 rings (SSSR count). The summed E-state index contributed by atoms with van der Waals surface area (Å²) in [4.78, 5) is 51.8. The average molecular weight is 481 g/mol. The third-order valence-corrected chi connectivity index (χ3v) is 4.31. The van der Waals surface area contributed by atoms with Gasteiger partial charge >= 0.3 is 6.09 Å². The number of carbonyl (C=O) groups excluding carboxylic acids is 4. The Bertz CT molecular complexity index is 890. The molecule has 0 fully saturated rings. The number of rotatable bonds is 9. The zero-order valence-corrected chi connectivity index (χ0v) is 20.5. The molecule has 0 saturated carbocycles. The summed E-state index contributed by atoms with van der Waals surface area (Å²) in [6.07, 6.45) is -1.54. The van der Waals surface area contributed by atoms with Gasteiger partial charge in [-0.15, -0.1) is 0 Å². The summed E-state index contributed by atoms with van der Waals surface area (Å²) >= 11 is 0. The average Bonchev–Trinajstić information content (AvgIpc) is 2.64. The lowest BCUT2D eigenvalue weighted by Crippen LogP contribution is -2.56. The van der Waals surface area contributed by atoms with Gasteiger partial charge in [0.2, 0.25) is 17.7 Å². The zero-order valence-electron chi connectivity index (χ0n) is 20.5. The number of nitrogens with zero attached hydrogens (tertiary/aromatic N) is 1. The van der Waals surface area contributed by atoms with Crippen LogP contribution in [-0.2, 0) is 19.1 Å². The van der Waals surface area contributed by atoms with Crippen LogP contribution in [0.2, 0.25) is 0 Å². The lowest BCUT2D eigenvalue weighted by atomic mass is 9.99. The van der Waals surface area contributed by atoms with Crippen molar-refractivity contribution < 1.29 is 34.1 Å². The molecule has 0 spiro atoms. The van der Waals surface area contributed by atoms with Gasteiger partial charge in [-0.05, 0) is 47.6 Å².